The predicted octanol–water partition coefficient (Wildman–Crippen LogP) is 1.77. The Kier molecular flexibility index (Phi) is 3.27. The van der Waals surface area contributed by atoms with Crippen molar-refractivity contribution in [3.63, 3.8) is 0 Å². The highest BCUT2D eigenvalue weighted by Gasteiger charge is 2.18. The highest BCUT2D eigenvalue weighted by atomic mass is 32.1. The van der Waals surface area contributed by atoms with Crippen LogP contribution in [-0.2, 0) is 24.2 Å². The molecule has 0 saturated heterocycles. The van der Waals surface area contributed by atoms with Crippen molar-refractivity contribution in [2.24, 2.45) is 0 Å². The molecule has 0 saturated carbocycles. The monoisotopic (exact) mass is 291 g/mol. The minimum absolute atomic E-state index is 0.0289. The number of fused-ring (bicyclic) bond motifs is 1. The Balaban J connectivity index is 1.67. The van der Waals surface area contributed by atoms with E-state index in [2.05, 4.69) is 10.3 Å². The van der Waals surface area contributed by atoms with Crippen molar-refractivity contribution in [1.29, 1.82) is 0 Å². The van der Waals surface area contributed by atoms with Crippen LogP contribution in [0.25, 0.3) is 0 Å². The minimum Gasteiger partial charge on any atom is -0.477 e. The molecular formula is C13H13N3O3S. The Morgan fingerprint density at radius 2 is 2.30 bits per heavy atom. The number of amides is 1. The van der Waals surface area contributed by atoms with E-state index in [0.717, 1.165) is 25.0 Å². The fourth-order valence-electron chi connectivity index (χ4n) is 2.30. The van der Waals surface area contributed by atoms with Gasteiger partial charge in [0.05, 0.1) is 5.69 Å². The van der Waals surface area contributed by atoms with Gasteiger partial charge >= 0.3 is 5.97 Å². The van der Waals surface area contributed by atoms with Crippen molar-refractivity contribution in [2.45, 2.75) is 25.8 Å². The zero-order chi connectivity index (χ0) is 14.1. The molecule has 0 aliphatic heterocycles. The Labute approximate surface area is 119 Å². The summed E-state index contributed by atoms with van der Waals surface area (Å²) in [5.74, 6) is -1.31. The number of nitrogens with one attached hydrogen (secondary N) is 1. The summed E-state index contributed by atoms with van der Waals surface area (Å²) in [6.07, 6.45) is 4.71. The molecular weight excluding hydrogens is 278 g/mol. The van der Waals surface area contributed by atoms with E-state index in [-0.39, 0.29) is 18.1 Å². The standard InChI is InChI=1S/C13H13N3O3S/c17-11(7-16-6-2-4-9(16)12(18)19)15-13-14-8-3-1-5-10(8)20-13/h2,4,6H,1,3,5,7H2,(H,18,19)(H,14,15,17). The lowest BCUT2D eigenvalue weighted by atomic mass is 10.4. The largest absolute Gasteiger partial charge is 0.477 e. The van der Waals surface area contributed by atoms with E-state index in [1.807, 2.05) is 0 Å². The van der Waals surface area contributed by atoms with E-state index in [1.165, 1.54) is 26.8 Å². The highest BCUT2D eigenvalue weighted by molar-refractivity contribution is 7.15. The topological polar surface area (TPSA) is 84.2 Å². The number of carboxylic acids is 1. The number of rotatable bonds is 4. The third-order valence-electron chi connectivity index (χ3n) is 3.20. The summed E-state index contributed by atoms with van der Waals surface area (Å²) in [4.78, 5) is 28.5. The summed E-state index contributed by atoms with van der Waals surface area (Å²) in [5.41, 5.74) is 1.18. The Morgan fingerprint density at radius 3 is 3.05 bits per heavy atom. The summed E-state index contributed by atoms with van der Waals surface area (Å²) >= 11 is 1.50. The average molecular weight is 291 g/mol. The van der Waals surface area contributed by atoms with Gasteiger partial charge in [0.2, 0.25) is 5.91 Å². The van der Waals surface area contributed by atoms with Crippen LogP contribution in [-0.4, -0.2) is 26.5 Å². The van der Waals surface area contributed by atoms with Crippen LogP contribution in [0.5, 0.6) is 0 Å². The summed E-state index contributed by atoms with van der Waals surface area (Å²) < 4.78 is 1.40. The van der Waals surface area contributed by atoms with Gasteiger partial charge in [-0.3, -0.25) is 4.79 Å². The first kappa shape index (κ1) is 12.9. The SMILES string of the molecule is O=C(Cn1cccc1C(=O)O)Nc1nc2c(s1)CCC2. The molecule has 2 N–H and O–H groups in total. The van der Waals surface area contributed by atoms with Gasteiger partial charge in [0, 0.05) is 11.1 Å². The number of nitrogens with zero attached hydrogens (tertiary/aromatic N) is 2. The summed E-state index contributed by atoms with van der Waals surface area (Å²) in [7, 11) is 0. The minimum atomic E-state index is -1.05. The number of aromatic carboxylic acids is 1. The zero-order valence-electron chi connectivity index (χ0n) is 10.6. The van der Waals surface area contributed by atoms with Gasteiger partial charge < -0.3 is 15.0 Å². The molecule has 0 aromatic carbocycles. The smallest absolute Gasteiger partial charge is 0.352 e. The number of carbonyl (C=O) groups excluding carboxylic acids is 1. The Bertz CT molecular complexity index is 653. The highest BCUT2D eigenvalue weighted by Crippen LogP contribution is 2.30. The first-order chi connectivity index (χ1) is 9.63. The molecule has 2 aromatic heterocycles. The van der Waals surface area contributed by atoms with Crippen molar-refractivity contribution < 1.29 is 14.7 Å². The van der Waals surface area contributed by atoms with Gasteiger partial charge in [0.15, 0.2) is 5.13 Å². The second kappa shape index (κ2) is 5.09. The van der Waals surface area contributed by atoms with Crippen LogP contribution in [0.2, 0.25) is 0 Å². The maximum Gasteiger partial charge on any atom is 0.352 e. The molecule has 0 atom stereocenters. The number of anilines is 1. The Morgan fingerprint density at radius 1 is 1.45 bits per heavy atom. The Hall–Kier alpha value is -2.15. The first-order valence-corrected chi connectivity index (χ1v) is 7.12. The maximum absolute atomic E-state index is 11.9. The van der Waals surface area contributed by atoms with Crippen molar-refractivity contribution >= 4 is 28.3 Å². The van der Waals surface area contributed by atoms with Gasteiger partial charge in [0.1, 0.15) is 12.2 Å². The second-order valence-electron chi connectivity index (χ2n) is 4.62. The van der Waals surface area contributed by atoms with Crippen LogP contribution >= 0.6 is 11.3 Å². The van der Waals surface area contributed by atoms with Gasteiger partial charge in [-0.25, -0.2) is 9.78 Å². The molecule has 20 heavy (non-hydrogen) atoms. The number of carbonyl (C=O) groups is 2. The van der Waals surface area contributed by atoms with Crippen LogP contribution < -0.4 is 5.32 Å². The zero-order valence-corrected chi connectivity index (χ0v) is 11.4. The summed E-state index contributed by atoms with van der Waals surface area (Å²) in [5, 5.41) is 12.3. The number of thiazole rings is 1. The maximum atomic E-state index is 11.9. The third kappa shape index (κ3) is 2.44. The second-order valence-corrected chi connectivity index (χ2v) is 5.70. The molecule has 2 heterocycles. The van der Waals surface area contributed by atoms with Crippen molar-refractivity contribution in [1.82, 2.24) is 9.55 Å². The fraction of sp³-hybridized carbons (Fsp3) is 0.308. The van der Waals surface area contributed by atoms with E-state index < -0.39 is 5.97 Å². The quantitative estimate of drug-likeness (QED) is 0.899. The normalized spacial score (nSPS) is 13.2. The van der Waals surface area contributed by atoms with Gasteiger partial charge in [0.25, 0.3) is 0 Å². The van der Waals surface area contributed by atoms with E-state index in [1.54, 1.807) is 12.3 Å². The predicted molar refractivity (Wildman–Crippen MR) is 74.2 cm³/mol. The summed E-state index contributed by atoms with van der Waals surface area (Å²) in [6.45, 7) is -0.0289. The number of aromatic nitrogens is 2. The van der Waals surface area contributed by atoms with E-state index in [4.69, 9.17) is 5.11 Å². The molecule has 0 fully saturated rings. The van der Waals surface area contributed by atoms with Gasteiger partial charge in [-0.2, -0.15) is 0 Å². The van der Waals surface area contributed by atoms with Crippen LogP contribution in [0.1, 0.15) is 27.5 Å². The molecule has 0 bridgehead atoms. The van der Waals surface area contributed by atoms with Crippen molar-refractivity contribution in [3.8, 4) is 0 Å². The lowest BCUT2D eigenvalue weighted by molar-refractivity contribution is -0.116. The molecule has 6 nitrogen and oxygen atoms in total. The van der Waals surface area contributed by atoms with Crippen LogP contribution in [0.15, 0.2) is 18.3 Å². The van der Waals surface area contributed by atoms with E-state index in [0.29, 0.717) is 5.13 Å². The molecule has 2 aromatic rings. The first-order valence-electron chi connectivity index (χ1n) is 6.30. The van der Waals surface area contributed by atoms with Crippen LogP contribution in [0, 0.1) is 0 Å². The number of hydrogen-bond acceptors (Lipinski definition) is 4. The average Bonchev–Trinajstić information content (AvgIpc) is 3.03. The third-order valence-corrected chi connectivity index (χ3v) is 4.28. The van der Waals surface area contributed by atoms with Gasteiger partial charge in [-0.1, -0.05) is 0 Å². The molecule has 1 aliphatic carbocycles. The number of aryl methyl sites for hydroxylation is 2. The number of carboxylic acid groups (broad SMARTS) is 1. The van der Waals surface area contributed by atoms with E-state index >= 15 is 0 Å². The molecule has 3 rings (SSSR count). The number of hydrogen-bond donors (Lipinski definition) is 2. The molecule has 1 amide bonds. The van der Waals surface area contributed by atoms with Gasteiger partial charge in [-0.15, -0.1) is 11.3 Å². The fourth-order valence-corrected chi connectivity index (χ4v) is 3.37. The molecule has 104 valence electrons. The van der Waals surface area contributed by atoms with Crippen LogP contribution in [0.4, 0.5) is 5.13 Å². The van der Waals surface area contributed by atoms with Crippen molar-refractivity contribution in [3.05, 3.63) is 34.6 Å². The molecule has 7 heteroatoms. The molecule has 0 unspecified atom stereocenters. The van der Waals surface area contributed by atoms with Gasteiger partial charge in [-0.05, 0) is 31.4 Å². The lowest BCUT2D eigenvalue weighted by Gasteiger charge is -2.05. The molecule has 0 radical (unpaired) electrons. The van der Waals surface area contributed by atoms with E-state index in [9.17, 15) is 9.59 Å². The molecule has 1 aliphatic rings. The lowest BCUT2D eigenvalue weighted by Crippen LogP contribution is -2.20. The van der Waals surface area contributed by atoms with Crippen LogP contribution in [0.3, 0.4) is 0 Å². The summed E-state index contributed by atoms with van der Waals surface area (Å²) in [6, 6.07) is 3.07. The molecule has 0 spiro atoms. The van der Waals surface area contributed by atoms with Crippen molar-refractivity contribution in [2.75, 3.05) is 5.32 Å².